The van der Waals surface area contributed by atoms with Gasteiger partial charge in [-0.2, -0.15) is 5.26 Å². The first kappa shape index (κ1) is 13.4. The third kappa shape index (κ3) is 2.91. The molecule has 0 aliphatic heterocycles. The molecule has 0 aromatic heterocycles. The summed E-state index contributed by atoms with van der Waals surface area (Å²) in [5, 5.41) is 38.3. The van der Waals surface area contributed by atoms with Gasteiger partial charge in [0, 0.05) is 6.07 Å². The lowest BCUT2D eigenvalue weighted by Gasteiger charge is -2.16. The van der Waals surface area contributed by atoms with E-state index in [4.69, 9.17) is 16.9 Å². The lowest BCUT2D eigenvalue weighted by atomic mass is 10.0. The summed E-state index contributed by atoms with van der Waals surface area (Å²) in [5.74, 6) is 0. The lowest BCUT2D eigenvalue weighted by Crippen LogP contribution is -2.19. The summed E-state index contributed by atoms with van der Waals surface area (Å²) >= 11 is 5.75. The van der Waals surface area contributed by atoms with E-state index in [0.29, 0.717) is 0 Å². The molecule has 0 aliphatic carbocycles. The molecular formula is C10H9ClN2O4. The quantitative estimate of drug-likeness (QED) is 0.628. The standard InChI is InChI=1S/C10H9ClN2O4/c11-6-2-1-3-7(13(16)17)9(6)10(15)8(14)4-5-12/h1-3,8,10,14-15H,4H2. The maximum Gasteiger partial charge on any atom is 0.276 e. The molecule has 6 nitrogen and oxygen atoms in total. The zero-order valence-corrected chi connectivity index (χ0v) is 9.33. The molecule has 90 valence electrons. The zero-order chi connectivity index (χ0) is 13.0. The van der Waals surface area contributed by atoms with Crippen LogP contribution in [0.1, 0.15) is 18.1 Å². The van der Waals surface area contributed by atoms with Crippen LogP contribution in [0.3, 0.4) is 0 Å². The highest BCUT2D eigenvalue weighted by Gasteiger charge is 2.28. The second-order valence-corrected chi connectivity index (χ2v) is 3.71. The summed E-state index contributed by atoms with van der Waals surface area (Å²) in [4.78, 5) is 10.0. The summed E-state index contributed by atoms with van der Waals surface area (Å²) < 4.78 is 0. The van der Waals surface area contributed by atoms with Crippen molar-refractivity contribution < 1.29 is 15.1 Å². The Morgan fingerprint density at radius 2 is 2.18 bits per heavy atom. The van der Waals surface area contributed by atoms with Gasteiger partial charge in [-0.3, -0.25) is 10.1 Å². The van der Waals surface area contributed by atoms with Crippen LogP contribution in [0.15, 0.2) is 18.2 Å². The van der Waals surface area contributed by atoms with Gasteiger partial charge in [-0.15, -0.1) is 0 Å². The van der Waals surface area contributed by atoms with E-state index in [0.717, 1.165) is 0 Å². The van der Waals surface area contributed by atoms with E-state index < -0.39 is 17.1 Å². The van der Waals surface area contributed by atoms with Crippen molar-refractivity contribution in [2.45, 2.75) is 18.6 Å². The molecule has 0 spiro atoms. The van der Waals surface area contributed by atoms with Gasteiger partial charge in [-0.1, -0.05) is 17.7 Å². The van der Waals surface area contributed by atoms with E-state index >= 15 is 0 Å². The van der Waals surface area contributed by atoms with Gasteiger partial charge in [-0.25, -0.2) is 0 Å². The second kappa shape index (κ2) is 5.59. The first-order valence-electron chi connectivity index (χ1n) is 4.65. The van der Waals surface area contributed by atoms with Gasteiger partial charge >= 0.3 is 0 Å². The van der Waals surface area contributed by atoms with Crippen molar-refractivity contribution in [3.05, 3.63) is 38.9 Å². The number of nitro groups is 1. The fraction of sp³-hybridized carbons (Fsp3) is 0.300. The van der Waals surface area contributed by atoms with E-state index in [1.807, 2.05) is 0 Å². The molecular weight excluding hydrogens is 248 g/mol. The summed E-state index contributed by atoms with van der Waals surface area (Å²) in [5.41, 5.74) is -0.566. The Kier molecular flexibility index (Phi) is 4.40. The number of halogens is 1. The minimum absolute atomic E-state index is 0.0244. The largest absolute Gasteiger partial charge is 0.389 e. The maximum absolute atomic E-state index is 10.7. The predicted octanol–water partition coefficient (Wildman–Crippen LogP) is 1.56. The molecule has 1 aromatic rings. The molecule has 1 aromatic carbocycles. The molecule has 0 saturated heterocycles. The Balaban J connectivity index is 3.20. The second-order valence-electron chi connectivity index (χ2n) is 3.30. The van der Waals surface area contributed by atoms with Crippen molar-refractivity contribution in [1.82, 2.24) is 0 Å². The van der Waals surface area contributed by atoms with Gasteiger partial charge in [0.2, 0.25) is 0 Å². The topological polar surface area (TPSA) is 107 Å². The number of aliphatic hydroxyl groups is 2. The van der Waals surface area contributed by atoms with E-state index in [2.05, 4.69) is 0 Å². The molecule has 1 rings (SSSR count). The number of aliphatic hydroxyl groups excluding tert-OH is 2. The van der Waals surface area contributed by atoms with E-state index in [1.54, 1.807) is 6.07 Å². The minimum Gasteiger partial charge on any atom is -0.389 e. The molecule has 2 N–H and O–H groups in total. The van der Waals surface area contributed by atoms with Crippen molar-refractivity contribution in [2.24, 2.45) is 0 Å². The van der Waals surface area contributed by atoms with Gasteiger partial charge in [0.1, 0.15) is 6.10 Å². The molecule has 7 heteroatoms. The minimum atomic E-state index is -1.57. The normalized spacial score (nSPS) is 13.8. The average Bonchev–Trinajstić information content (AvgIpc) is 2.28. The van der Waals surface area contributed by atoms with Gasteiger partial charge < -0.3 is 10.2 Å². The van der Waals surface area contributed by atoms with Gasteiger partial charge in [0.15, 0.2) is 0 Å². The molecule has 2 unspecified atom stereocenters. The third-order valence-electron chi connectivity index (χ3n) is 2.19. The number of hydrogen-bond acceptors (Lipinski definition) is 5. The molecule has 0 radical (unpaired) electrons. The van der Waals surface area contributed by atoms with Gasteiger partial charge in [0.05, 0.1) is 34.1 Å². The van der Waals surface area contributed by atoms with Crippen molar-refractivity contribution in [1.29, 1.82) is 5.26 Å². The summed E-state index contributed by atoms with van der Waals surface area (Å²) in [6.07, 6.45) is -3.33. The van der Waals surface area contributed by atoms with Gasteiger partial charge in [0.25, 0.3) is 5.69 Å². The Hall–Kier alpha value is -1.68. The predicted molar refractivity (Wildman–Crippen MR) is 59.3 cm³/mol. The van der Waals surface area contributed by atoms with E-state index in [-0.39, 0.29) is 22.7 Å². The van der Waals surface area contributed by atoms with Crippen LogP contribution in [-0.2, 0) is 0 Å². The smallest absolute Gasteiger partial charge is 0.276 e. The molecule has 0 heterocycles. The number of nitro benzene ring substituents is 1. The van der Waals surface area contributed by atoms with Crippen LogP contribution >= 0.6 is 11.6 Å². The fourth-order valence-corrected chi connectivity index (χ4v) is 1.66. The Morgan fingerprint density at radius 3 is 2.71 bits per heavy atom. The SMILES string of the molecule is N#CCC(O)C(O)c1c(Cl)cccc1[N+](=O)[O-]. The molecule has 0 saturated carbocycles. The molecule has 17 heavy (non-hydrogen) atoms. The van der Waals surface area contributed by atoms with E-state index in [9.17, 15) is 20.3 Å². The molecule has 0 amide bonds. The summed E-state index contributed by atoms with van der Waals surface area (Å²) in [6.45, 7) is 0. The van der Waals surface area contributed by atoms with Crippen molar-refractivity contribution >= 4 is 17.3 Å². The average molecular weight is 257 g/mol. The Morgan fingerprint density at radius 1 is 1.53 bits per heavy atom. The molecule has 0 aliphatic rings. The van der Waals surface area contributed by atoms with Crippen LogP contribution in [0.5, 0.6) is 0 Å². The Labute approximate surface area is 102 Å². The highest BCUT2D eigenvalue weighted by molar-refractivity contribution is 6.31. The van der Waals surface area contributed by atoms with Crippen molar-refractivity contribution in [2.75, 3.05) is 0 Å². The monoisotopic (exact) mass is 256 g/mol. The van der Waals surface area contributed by atoms with Crippen molar-refractivity contribution in [3.63, 3.8) is 0 Å². The molecule has 0 bridgehead atoms. The maximum atomic E-state index is 10.7. The highest BCUT2D eigenvalue weighted by atomic mass is 35.5. The van der Waals surface area contributed by atoms with Crippen LogP contribution in [0.2, 0.25) is 5.02 Å². The van der Waals surface area contributed by atoms with Crippen LogP contribution < -0.4 is 0 Å². The summed E-state index contributed by atoms with van der Waals surface area (Å²) in [6, 6.07) is 5.57. The zero-order valence-electron chi connectivity index (χ0n) is 8.58. The van der Waals surface area contributed by atoms with Crippen LogP contribution in [0.25, 0.3) is 0 Å². The number of rotatable bonds is 4. The number of benzene rings is 1. The number of hydrogen-bond donors (Lipinski definition) is 2. The Bertz CT molecular complexity index is 472. The first-order chi connectivity index (χ1) is 7.99. The van der Waals surface area contributed by atoms with E-state index in [1.165, 1.54) is 18.2 Å². The van der Waals surface area contributed by atoms with Gasteiger partial charge in [-0.05, 0) is 6.07 Å². The van der Waals surface area contributed by atoms with Crippen molar-refractivity contribution in [3.8, 4) is 6.07 Å². The third-order valence-corrected chi connectivity index (χ3v) is 2.52. The molecule has 0 fully saturated rings. The fourth-order valence-electron chi connectivity index (χ4n) is 1.38. The summed E-state index contributed by atoms with van der Waals surface area (Å²) in [7, 11) is 0. The lowest BCUT2D eigenvalue weighted by molar-refractivity contribution is -0.386. The van der Waals surface area contributed by atoms with Crippen LogP contribution in [0, 0.1) is 21.4 Å². The number of nitrogens with zero attached hydrogens (tertiary/aromatic N) is 2. The molecule has 2 atom stereocenters. The first-order valence-corrected chi connectivity index (χ1v) is 5.02. The number of nitriles is 1. The van der Waals surface area contributed by atoms with Crippen LogP contribution in [0.4, 0.5) is 5.69 Å². The highest BCUT2D eigenvalue weighted by Crippen LogP contribution is 2.34. The van der Waals surface area contributed by atoms with Crippen LogP contribution in [-0.4, -0.2) is 21.2 Å².